The highest BCUT2D eigenvalue weighted by Crippen LogP contribution is 2.20. The van der Waals surface area contributed by atoms with E-state index in [1.165, 1.54) is 12.1 Å². The summed E-state index contributed by atoms with van der Waals surface area (Å²) in [6.07, 6.45) is 4.20. The molecule has 1 aliphatic heterocycles. The van der Waals surface area contributed by atoms with Crippen molar-refractivity contribution in [3.8, 4) is 5.75 Å². The van der Waals surface area contributed by atoms with Crippen LogP contribution in [0.4, 0.5) is 4.39 Å². The molecule has 1 atom stereocenters. The van der Waals surface area contributed by atoms with Crippen molar-refractivity contribution < 1.29 is 18.3 Å². The molecule has 0 spiro atoms. The Morgan fingerprint density at radius 2 is 2.11 bits per heavy atom. The van der Waals surface area contributed by atoms with Gasteiger partial charge >= 0.3 is 0 Å². The van der Waals surface area contributed by atoms with E-state index in [0.29, 0.717) is 12.4 Å². The topological polar surface area (TPSA) is 47.7 Å². The molecular weight excluding hydrogens is 379 g/mol. The zero-order valence-electron chi connectivity index (χ0n) is 15.6. The first-order valence-corrected chi connectivity index (χ1v) is 10.3. The van der Waals surface area contributed by atoms with Crippen LogP contribution in [-0.4, -0.2) is 29.1 Å². The summed E-state index contributed by atoms with van der Waals surface area (Å²) in [7, 11) is 0. The average Bonchev–Trinajstić information content (AvgIpc) is 3.45. The Labute approximate surface area is 167 Å². The van der Waals surface area contributed by atoms with Gasteiger partial charge in [-0.3, -0.25) is 4.90 Å². The first-order chi connectivity index (χ1) is 13.7. The van der Waals surface area contributed by atoms with Crippen LogP contribution in [0.25, 0.3) is 0 Å². The number of nitrogens with zero attached hydrogens (tertiary/aromatic N) is 2. The maximum atomic E-state index is 13.0. The third-order valence-electron chi connectivity index (χ3n) is 4.61. The van der Waals surface area contributed by atoms with Gasteiger partial charge in [0.25, 0.3) is 0 Å². The van der Waals surface area contributed by atoms with Gasteiger partial charge in [0.2, 0.25) is 0 Å². The van der Waals surface area contributed by atoms with E-state index < -0.39 is 0 Å². The Morgan fingerprint density at radius 1 is 1.21 bits per heavy atom. The minimum absolute atomic E-state index is 0.272. The molecule has 7 heteroatoms. The molecule has 1 aromatic carbocycles. The van der Waals surface area contributed by atoms with Gasteiger partial charge in [0.05, 0.1) is 24.6 Å². The van der Waals surface area contributed by atoms with E-state index in [9.17, 15) is 4.39 Å². The van der Waals surface area contributed by atoms with Crippen molar-refractivity contribution in [2.24, 2.45) is 0 Å². The number of ether oxygens (including phenoxy) is 2. The number of hydrogen-bond acceptors (Lipinski definition) is 6. The van der Waals surface area contributed by atoms with Gasteiger partial charge in [0, 0.05) is 25.1 Å². The van der Waals surface area contributed by atoms with Crippen LogP contribution in [0, 0.1) is 5.82 Å². The van der Waals surface area contributed by atoms with Gasteiger partial charge in [-0.2, -0.15) is 0 Å². The zero-order valence-corrected chi connectivity index (χ0v) is 16.4. The second-order valence-corrected chi connectivity index (χ2v) is 7.80. The van der Waals surface area contributed by atoms with Gasteiger partial charge in [-0.25, -0.2) is 9.37 Å². The summed E-state index contributed by atoms with van der Waals surface area (Å²) in [5, 5.41) is 2.96. The second kappa shape index (κ2) is 9.32. The van der Waals surface area contributed by atoms with Crippen molar-refractivity contribution in [1.82, 2.24) is 9.88 Å². The number of rotatable bonds is 9. The molecule has 3 aromatic rings. The molecule has 1 saturated heterocycles. The Bertz CT molecular complexity index is 845. The smallest absolute Gasteiger partial charge is 0.140 e. The molecule has 0 saturated carbocycles. The molecule has 0 N–H and O–H groups in total. The number of aromatic nitrogens is 1. The molecule has 0 radical (unpaired) electrons. The van der Waals surface area contributed by atoms with Crippen LogP contribution < -0.4 is 4.74 Å². The van der Waals surface area contributed by atoms with Gasteiger partial charge in [-0.05, 0) is 49.2 Å². The van der Waals surface area contributed by atoms with Crippen LogP contribution in [0.5, 0.6) is 5.75 Å². The predicted octanol–water partition coefficient (Wildman–Crippen LogP) is 4.64. The molecule has 1 unspecified atom stereocenters. The highest BCUT2D eigenvalue weighted by molar-refractivity contribution is 7.09. The Morgan fingerprint density at radius 3 is 2.86 bits per heavy atom. The minimum Gasteiger partial charge on any atom is -0.486 e. The van der Waals surface area contributed by atoms with Crippen LogP contribution in [0.15, 0.2) is 52.5 Å². The normalized spacial score (nSPS) is 16.7. The van der Waals surface area contributed by atoms with Gasteiger partial charge in [-0.1, -0.05) is 0 Å². The van der Waals surface area contributed by atoms with Gasteiger partial charge in [-0.15, -0.1) is 11.3 Å². The number of benzene rings is 1. The standard InChI is InChI=1S/C21H23FN2O3S/c22-16-5-7-18(8-6-16)27-14-21-23-17(15-28-21)11-24(12-19-3-1-9-25-19)13-20-4-2-10-26-20/h1,3,5-9,15,20H,2,4,10-14H2. The fourth-order valence-corrected chi connectivity index (χ4v) is 3.97. The van der Waals surface area contributed by atoms with Gasteiger partial charge < -0.3 is 13.9 Å². The molecule has 5 nitrogen and oxygen atoms in total. The van der Waals surface area contributed by atoms with E-state index in [0.717, 1.165) is 55.5 Å². The Balaban J connectivity index is 1.35. The summed E-state index contributed by atoms with van der Waals surface area (Å²) in [5.41, 5.74) is 1.01. The lowest BCUT2D eigenvalue weighted by molar-refractivity contribution is 0.0651. The third-order valence-corrected chi connectivity index (χ3v) is 5.48. The van der Waals surface area contributed by atoms with E-state index in [1.54, 1.807) is 29.7 Å². The summed E-state index contributed by atoms with van der Waals surface area (Å²) in [4.78, 5) is 7.01. The lowest BCUT2D eigenvalue weighted by atomic mass is 10.2. The fraction of sp³-hybridized carbons (Fsp3) is 0.381. The lowest BCUT2D eigenvalue weighted by Crippen LogP contribution is -2.31. The molecule has 0 aliphatic carbocycles. The maximum Gasteiger partial charge on any atom is 0.140 e. The molecule has 0 bridgehead atoms. The number of hydrogen-bond donors (Lipinski definition) is 0. The van der Waals surface area contributed by atoms with Crippen molar-refractivity contribution >= 4 is 11.3 Å². The number of halogens is 1. The second-order valence-electron chi connectivity index (χ2n) is 6.86. The molecule has 0 amide bonds. The quantitative estimate of drug-likeness (QED) is 0.522. The third kappa shape index (κ3) is 5.41. The van der Waals surface area contributed by atoms with E-state index in [4.69, 9.17) is 18.9 Å². The summed E-state index contributed by atoms with van der Waals surface area (Å²) >= 11 is 1.57. The molecule has 2 aromatic heterocycles. The molecule has 4 rings (SSSR count). The first kappa shape index (κ1) is 19.1. The largest absolute Gasteiger partial charge is 0.486 e. The summed E-state index contributed by atoms with van der Waals surface area (Å²) < 4.78 is 30.0. The van der Waals surface area contributed by atoms with Crippen molar-refractivity contribution in [1.29, 1.82) is 0 Å². The molecule has 1 aliphatic rings. The summed E-state index contributed by atoms with van der Waals surface area (Å²) in [5.74, 6) is 1.30. The SMILES string of the molecule is Fc1ccc(OCc2nc(CN(Cc3ccco3)CC3CCCO3)cs2)cc1. The van der Waals surface area contributed by atoms with Crippen molar-refractivity contribution in [3.63, 3.8) is 0 Å². The summed E-state index contributed by atoms with van der Waals surface area (Å²) in [6.45, 7) is 3.54. The van der Waals surface area contributed by atoms with Crippen LogP contribution >= 0.6 is 11.3 Å². The molecule has 3 heterocycles. The first-order valence-electron chi connectivity index (χ1n) is 9.42. The van der Waals surface area contributed by atoms with Crippen LogP contribution in [0.2, 0.25) is 0 Å². The van der Waals surface area contributed by atoms with E-state index in [2.05, 4.69) is 10.3 Å². The monoisotopic (exact) mass is 402 g/mol. The molecule has 28 heavy (non-hydrogen) atoms. The Hall–Kier alpha value is -2.22. The lowest BCUT2D eigenvalue weighted by Gasteiger charge is -2.23. The van der Waals surface area contributed by atoms with E-state index >= 15 is 0 Å². The van der Waals surface area contributed by atoms with Crippen LogP contribution in [0.1, 0.15) is 29.3 Å². The minimum atomic E-state index is -0.272. The van der Waals surface area contributed by atoms with Crippen LogP contribution in [-0.2, 0) is 24.4 Å². The highest BCUT2D eigenvalue weighted by Gasteiger charge is 2.21. The Kier molecular flexibility index (Phi) is 6.36. The molecular formula is C21H23FN2O3S. The highest BCUT2D eigenvalue weighted by atomic mass is 32.1. The molecule has 148 valence electrons. The van der Waals surface area contributed by atoms with E-state index in [-0.39, 0.29) is 11.9 Å². The van der Waals surface area contributed by atoms with Gasteiger partial charge in [0.15, 0.2) is 0 Å². The number of thiazole rings is 1. The van der Waals surface area contributed by atoms with Crippen molar-refractivity contribution in [2.75, 3.05) is 13.2 Å². The predicted molar refractivity (Wildman–Crippen MR) is 105 cm³/mol. The van der Waals surface area contributed by atoms with Gasteiger partial charge in [0.1, 0.15) is 28.9 Å². The molecule has 1 fully saturated rings. The van der Waals surface area contributed by atoms with Crippen molar-refractivity contribution in [2.45, 2.75) is 38.6 Å². The van der Waals surface area contributed by atoms with E-state index in [1.807, 2.05) is 12.1 Å². The van der Waals surface area contributed by atoms with Crippen molar-refractivity contribution in [3.05, 3.63) is 70.3 Å². The maximum absolute atomic E-state index is 13.0. The summed E-state index contributed by atoms with van der Waals surface area (Å²) in [6, 6.07) is 9.92. The number of furan rings is 1. The average molecular weight is 402 g/mol. The zero-order chi connectivity index (χ0) is 19.2. The fourth-order valence-electron chi connectivity index (χ4n) is 3.28. The van der Waals surface area contributed by atoms with Crippen LogP contribution in [0.3, 0.4) is 0 Å².